The van der Waals surface area contributed by atoms with Gasteiger partial charge in [-0.25, -0.2) is 0 Å². The number of ether oxygens (including phenoxy) is 1. The standard InChI is InChI=1S/C22H21N3O3/c1-28-19-9-7-17(8-10-19)15-25-22(27)20-13-18(11-12-23-20)21(26)24-14-16-5-3-2-4-6-16/h2-13H,14-15H2,1H3,(H,24,26)(H,25,27). The number of benzene rings is 2. The SMILES string of the molecule is COc1ccc(CNC(=O)c2cc(C(=O)NCc3ccccc3)ccn2)cc1. The Balaban J connectivity index is 1.58. The summed E-state index contributed by atoms with van der Waals surface area (Å²) >= 11 is 0. The second-order valence-electron chi connectivity index (χ2n) is 6.13. The van der Waals surface area contributed by atoms with Gasteiger partial charge in [0.25, 0.3) is 11.8 Å². The number of methoxy groups -OCH3 is 1. The van der Waals surface area contributed by atoms with Crippen LogP contribution in [0.15, 0.2) is 72.9 Å². The molecule has 0 aliphatic heterocycles. The Kier molecular flexibility index (Phi) is 6.36. The van der Waals surface area contributed by atoms with Gasteiger partial charge in [0.1, 0.15) is 11.4 Å². The number of hydrogen-bond acceptors (Lipinski definition) is 4. The van der Waals surface area contributed by atoms with Gasteiger partial charge in [0, 0.05) is 24.8 Å². The molecule has 6 nitrogen and oxygen atoms in total. The fourth-order valence-electron chi connectivity index (χ4n) is 2.59. The Morgan fingerprint density at radius 3 is 2.18 bits per heavy atom. The number of pyridine rings is 1. The smallest absolute Gasteiger partial charge is 0.270 e. The van der Waals surface area contributed by atoms with Gasteiger partial charge in [0.15, 0.2) is 0 Å². The monoisotopic (exact) mass is 375 g/mol. The van der Waals surface area contributed by atoms with Crippen LogP contribution in [0, 0.1) is 0 Å². The number of aromatic nitrogens is 1. The van der Waals surface area contributed by atoms with E-state index in [1.807, 2.05) is 54.6 Å². The number of rotatable bonds is 7. The van der Waals surface area contributed by atoms with Crippen LogP contribution >= 0.6 is 0 Å². The van der Waals surface area contributed by atoms with Crippen LogP contribution in [0.1, 0.15) is 32.0 Å². The number of carbonyl (C=O) groups excluding carboxylic acids is 2. The molecule has 142 valence electrons. The van der Waals surface area contributed by atoms with Gasteiger partial charge in [-0.1, -0.05) is 42.5 Å². The first-order valence-corrected chi connectivity index (χ1v) is 8.85. The van der Waals surface area contributed by atoms with Crippen molar-refractivity contribution in [3.05, 3.63) is 95.3 Å². The number of hydrogen-bond donors (Lipinski definition) is 2. The fraction of sp³-hybridized carbons (Fsp3) is 0.136. The maximum atomic E-state index is 12.4. The van der Waals surface area contributed by atoms with E-state index in [2.05, 4.69) is 15.6 Å². The highest BCUT2D eigenvalue weighted by atomic mass is 16.5. The summed E-state index contributed by atoms with van der Waals surface area (Å²) in [6.45, 7) is 0.774. The molecule has 0 spiro atoms. The van der Waals surface area contributed by atoms with Gasteiger partial charge in [-0.3, -0.25) is 14.6 Å². The van der Waals surface area contributed by atoms with Gasteiger partial charge >= 0.3 is 0 Å². The Bertz CT molecular complexity index is 941. The van der Waals surface area contributed by atoms with Crippen LogP contribution in [-0.4, -0.2) is 23.9 Å². The highest BCUT2D eigenvalue weighted by molar-refractivity contribution is 5.98. The van der Waals surface area contributed by atoms with Crippen LogP contribution in [0.25, 0.3) is 0 Å². The zero-order chi connectivity index (χ0) is 19.8. The summed E-state index contributed by atoms with van der Waals surface area (Å²) in [6, 6.07) is 20.1. The van der Waals surface area contributed by atoms with Crippen molar-refractivity contribution in [3.63, 3.8) is 0 Å². The number of nitrogens with one attached hydrogen (secondary N) is 2. The second-order valence-corrected chi connectivity index (χ2v) is 6.13. The molecule has 1 aromatic heterocycles. The average Bonchev–Trinajstić information content (AvgIpc) is 2.77. The molecule has 0 aliphatic carbocycles. The maximum Gasteiger partial charge on any atom is 0.270 e. The van der Waals surface area contributed by atoms with E-state index in [0.717, 1.165) is 16.9 Å². The van der Waals surface area contributed by atoms with E-state index < -0.39 is 0 Å². The quantitative estimate of drug-likeness (QED) is 0.665. The zero-order valence-electron chi connectivity index (χ0n) is 15.5. The third kappa shape index (κ3) is 5.17. The minimum atomic E-state index is -0.339. The lowest BCUT2D eigenvalue weighted by atomic mass is 10.2. The summed E-state index contributed by atoms with van der Waals surface area (Å²) in [5.74, 6) is 0.162. The molecule has 0 radical (unpaired) electrons. The van der Waals surface area contributed by atoms with Crippen molar-refractivity contribution in [3.8, 4) is 5.75 Å². The molecular formula is C22H21N3O3. The fourth-order valence-corrected chi connectivity index (χ4v) is 2.59. The van der Waals surface area contributed by atoms with Gasteiger partial charge < -0.3 is 15.4 Å². The van der Waals surface area contributed by atoms with Crippen molar-refractivity contribution in [1.82, 2.24) is 15.6 Å². The van der Waals surface area contributed by atoms with E-state index in [4.69, 9.17) is 4.74 Å². The molecule has 0 unspecified atom stereocenters. The first-order valence-electron chi connectivity index (χ1n) is 8.85. The van der Waals surface area contributed by atoms with Crippen LogP contribution in [0.4, 0.5) is 0 Å². The molecule has 0 saturated carbocycles. The zero-order valence-corrected chi connectivity index (χ0v) is 15.5. The van der Waals surface area contributed by atoms with E-state index >= 15 is 0 Å². The van der Waals surface area contributed by atoms with Gasteiger partial charge in [-0.2, -0.15) is 0 Å². The van der Waals surface area contributed by atoms with Crippen molar-refractivity contribution in [2.45, 2.75) is 13.1 Å². The summed E-state index contributed by atoms with van der Waals surface area (Å²) in [5.41, 5.74) is 2.52. The molecule has 2 N–H and O–H groups in total. The van der Waals surface area contributed by atoms with Crippen LogP contribution in [0.5, 0.6) is 5.75 Å². The largest absolute Gasteiger partial charge is 0.497 e. The van der Waals surface area contributed by atoms with Crippen molar-refractivity contribution >= 4 is 11.8 Å². The van der Waals surface area contributed by atoms with Gasteiger partial charge in [-0.05, 0) is 35.4 Å². The van der Waals surface area contributed by atoms with Gasteiger partial charge in [-0.15, -0.1) is 0 Å². The third-order valence-corrected chi connectivity index (χ3v) is 4.16. The normalized spacial score (nSPS) is 10.2. The Hall–Kier alpha value is -3.67. The molecule has 0 fully saturated rings. The van der Waals surface area contributed by atoms with E-state index in [1.54, 1.807) is 13.2 Å². The first-order chi connectivity index (χ1) is 13.7. The number of carbonyl (C=O) groups is 2. The maximum absolute atomic E-state index is 12.4. The summed E-state index contributed by atoms with van der Waals surface area (Å²) in [4.78, 5) is 28.8. The van der Waals surface area contributed by atoms with Crippen molar-refractivity contribution in [1.29, 1.82) is 0 Å². The predicted octanol–water partition coefficient (Wildman–Crippen LogP) is 2.95. The van der Waals surface area contributed by atoms with E-state index in [9.17, 15) is 9.59 Å². The Morgan fingerprint density at radius 2 is 1.50 bits per heavy atom. The minimum absolute atomic E-state index is 0.195. The highest BCUT2D eigenvalue weighted by Crippen LogP contribution is 2.11. The molecule has 28 heavy (non-hydrogen) atoms. The molecule has 6 heteroatoms. The molecule has 2 aromatic carbocycles. The lowest BCUT2D eigenvalue weighted by Gasteiger charge is -2.08. The van der Waals surface area contributed by atoms with Crippen molar-refractivity contribution < 1.29 is 14.3 Å². The minimum Gasteiger partial charge on any atom is -0.497 e. The van der Waals surface area contributed by atoms with Crippen molar-refractivity contribution in [2.24, 2.45) is 0 Å². The molecule has 0 atom stereocenters. The summed E-state index contributed by atoms with van der Waals surface area (Å²) in [6.07, 6.45) is 1.46. The molecule has 0 aliphatic rings. The van der Waals surface area contributed by atoms with Crippen LogP contribution < -0.4 is 15.4 Å². The molecule has 3 rings (SSSR count). The first kappa shape index (κ1) is 19.1. The Labute approximate surface area is 163 Å². The topological polar surface area (TPSA) is 80.3 Å². The molecule has 2 amide bonds. The molecule has 3 aromatic rings. The van der Waals surface area contributed by atoms with Crippen LogP contribution in [0.3, 0.4) is 0 Å². The van der Waals surface area contributed by atoms with Gasteiger partial charge in [0.05, 0.1) is 7.11 Å². The second kappa shape index (κ2) is 9.32. The highest BCUT2D eigenvalue weighted by Gasteiger charge is 2.12. The van der Waals surface area contributed by atoms with Crippen LogP contribution in [-0.2, 0) is 13.1 Å². The summed E-state index contributed by atoms with van der Waals surface area (Å²) in [7, 11) is 1.60. The number of amides is 2. The lowest BCUT2D eigenvalue weighted by Crippen LogP contribution is -2.26. The van der Waals surface area contributed by atoms with Crippen LogP contribution in [0.2, 0.25) is 0 Å². The lowest BCUT2D eigenvalue weighted by molar-refractivity contribution is 0.0946. The molecule has 0 bridgehead atoms. The third-order valence-electron chi connectivity index (χ3n) is 4.16. The Morgan fingerprint density at radius 1 is 0.857 bits per heavy atom. The van der Waals surface area contributed by atoms with Crippen molar-refractivity contribution in [2.75, 3.05) is 7.11 Å². The predicted molar refractivity (Wildman–Crippen MR) is 106 cm³/mol. The van der Waals surface area contributed by atoms with E-state index in [0.29, 0.717) is 18.7 Å². The average molecular weight is 375 g/mol. The molecule has 0 saturated heterocycles. The van der Waals surface area contributed by atoms with Gasteiger partial charge in [0.2, 0.25) is 0 Å². The van der Waals surface area contributed by atoms with E-state index in [1.165, 1.54) is 12.3 Å². The van der Waals surface area contributed by atoms with E-state index in [-0.39, 0.29) is 17.5 Å². The molecular weight excluding hydrogens is 354 g/mol. The summed E-state index contributed by atoms with van der Waals surface area (Å²) in [5, 5.41) is 5.64. The number of nitrogens with zero attached hydrogens (tertiary/aromatic N) is 1. The molecule has 1 heterocycles. The summed E-state index contributed by atoms with van der Waals surface area (Å²) < 4.78 is 5.11.